The highest BCUT2D eigenvalue weighted by atomic mass is 16.6. The Bertz CT molecular complexity index is 903. The molecular formula is C15H12N4O4. The number of carbonyl (C=O) groups excluding carboxylic acids is 1. The van der Waals surface area contributed by atoms with Crippen LogP contribution in [0.4, 0.5) is 11.4 Å². The molecule has 1 heterocycles. The molecule has 0 aliphatic heterocycles. The molecular weight excluding hydrogens is 300 g/mol. The molecule has 0 bridgehead atoms. The minimum absolute atomic E-state index is 0.103. The number of amides is 1. The van der Waals surface area contributed by atoms with Crippen LogP contribution in [0.3, 0.4) is 0 Å². The lowest BCUT2D eigenvalue weighted by Gasteiger charge is -2.07. The summed E-state index contributed by atoms with van der Waals surface area (Å²) in [6.45, 7) is 0. The summed E-state index contributed by atoms with van der Waals surface area (Å²) in [5.41, 5.74) is 1.33. The van der Waals surface area contributed by atoms with Gasteiger partial charge in [-0.1, -0.05) is 0 Å². The lowest BCUT2D eigenvalue weighted by Crippen LogP contribution is -2.12. The molecule has 3 aromatic rings. The first-order valence-electron chi connectivity index (χ1n) is 6.65. The van der Waals surface area contributed by atoms with Crippen molar-refractivity contribution in [3.05, 3.63) is 58.3 Å². The SMILES string of the molecule is COc1ccc(C(=O)Nc2ccc3[nH]ncc3c2)cc1[N+](=O)[O-]. The average Bonchev–Trinajstić information content (AvgIpc) is 3.01. The highest BCUT2D eigenvalue weighted by Gasteiger charge is 2.18. The molecule has 0 aliphatic carbocycles. The third-order valence-electron chi connectivity index (χ3n) is 3.34. The number of rotatable bonds is 4. The van der Waals surface area contributed by atoms with Gasteiger partial charge in [-0.05, 0) is 30.3 Å². The Balaban J connectivity index is 1.87. The van der Waals surface area contributed by atoms with E-state index >= 15 is 0 Å². The molecule has 1 amide bonds. The number of aromatic amines is 1. The molecule has 0 saturated heterocycles. The number of hydrogen-bond acceptors (Lipinski definition) is 5. The topological polar surface area (TPSA) is 110 Å². The highest BCUT2D eigenvalue weighted by molar-refractivity contribution is 6.05. The highest BCUT2D eigenvalue weighted by Crippen LogP contribution is 2.28. The van der Waals surface area contributed by atoms with Crippen molar-refractivity contribution in [2.75, 3.05) is 12.4 Å². The van der Waals surface area contributed by atoms with Gasteiger partial charge in [0.1, 0.15) is 0 Å². The van der Waals surface area contributed by atoms with E-state index in [4.69, 9.17) is 4.74 Å². The first kappa shape index (κ1) is 14.5. The molecule has 0 spiro atoms. The Kier molecular flexibility index (Phi) is 3.63. The molecule has 2 aromatic carbocycles. The molecule has 23 heavy (non-hydrogen) atoms. The van der Waals surface area contributed by atoms with E-state index in [9.17, 15) is 14.9 Å². The second-order valence-corrected chi connectivity index (χ2v) is 4.77. The van der Waals surface area contributed by atoms with Crippen molar-refractivity contribution in [3.63, 3.8) is 0 Å². The normalized spacial score (nSPS) is 10.5. The van der Waals surface area contributed by atoms with Crippen LogP contribution >= 0.6 is 0 Å². The number of benzene rings is 2. The zero-order valence-electron chi connectivity index (χ0n) is 12.1. The van der Waals surface area contributed by atoms with Crippen LogP contribution in [-0.2, 0) is 0 Å². The molecule has 1 aromatic heterocycles. The van der Waals surface area contributed by atoms with Crippen LogP contribution in [0.1, 0.15) is 10.4 Å². The standard InChI is InChI=1S/C15H12N4O4/c1-23-14-5-2-9(7-13(14)19(21)22)15(20)17-11-3-4-12-10(6-11)8-16-18-12/h2-8H,1H3,(H,16,18)(H,17,20). The molecule has 116 valence electrons. The summed E-state index contributed by atoms with van der Waals surface area (Å²) in [4.78, 5) is 22.7. The van der Waals surface area contributed by atoms with Gasteiger partial charge in [-0.25, -0.2) is 0 Å². The van der Waals surface area contributed by atoms with Gasteiger partial charge < -0.3 is 10.1 Å². The van der Waals surface area contributed by atoms with Gasteiger partial charge in [0, 0.05) is 22.7 Å². The third kappa shape index (κ3) is 2.82. The first-order valence-corrected chi connectivity index (χ1v) is 6.65. The van der Waals surface area contributed by atoms with Crippen molar-refractivity contribution >= 4 is 28.2 Å². The number of methoxy groups -OCH3 is 1. The summed E-state index contributed by atoms with van der Waals surface area (Å²) in [5, 5.41) is 21.3. The van der Waals surface area contributed by atoms with Crippen LogP contribution in [0.2, 0.25) is 0 Å². The van der Waals surface area contributed by atoms with Crippen molar-refractivity contribution in [1.82, 2.24) is 10.2 Å². The van der Waals surface area contributed by atoms with Crippen molar-refractivity contribution in [2.24, 2.45) is 0 Å². The molecule has 3 rings (SSSR count). The molecule has 0 unspecified atom stereocenters. The van der Waals surface area contributed by atoms with Crippen molar-refractivity contribution in [1.29, 1.82) is 0 Å². The van der Waals surface area contributed by atoms with Gasteiger partial charge in [0.15, 0.2) is 5.75 Å². The van der Waals surface area contributed by atoms with Crippen molar-refractivity contribution in [3.8, 4) is 5.75 Å². The van der Waals surface area contributed by atoms with Crippen LogP contribution in [0.15, 0.2) is 42.6 Å². The third-order valence-corrected chi connectivity index (χ3v) is 3.34. The lowest BCUT2D eigenvalue weighted by atomic mass is 10.1. The quantitative estimate of drug-likeness (QED) is 0.568. The van der Waals surface area contributed by atoms with Gasteiger partial charge in [0.25, 0.3) is 5.91 Å². The fourth-order valence-electron chi connectivity index (χ4n) is 2.20. The Morgan fingerprint density at radius 2 is 2.13 bits per heavy atom. The van der Waals surface area contributed by atoms with Crippen molar-refractivity contribution in [2.45, 2.75) is 0 Å². The Labute approximate surface area is 130 Å². The number of nitrogens with one attached hydrogen (secondary N) is 2. The van der Waals surface area contributed by atoms with E-state index in [1.54, 1.807) is 24.4 Å². The van der Waals surface area contributed by atoms with Crippen LogP contribution in [0.5, 0.6) is 5.75 Å². The number of carbonyl (C=O) groups is 1. The number of nitro groups is 1. The minimum Gasteiger partial charge on any atom is -0.490 e. The minimum atomic E-state index is -0.590. The summed E-state index contributed by atoms with van der Waals surface area (Å²) in [5.74, 6) is -0.343. The van der Waals surface area contributed by atoms with E-state index < -0.39 is 10.8 Å². The number of nitro benzene ring substituents is 1. The maximum atomic E-state index is 12.3. The zero-order chi connectivity index (χ0) is 16.4. The summed E-state index contributed by atoms with van der Waals surface area (Å²) in [6.07, 6.45) is 1.64. The molecule has 8 heteroatoms. The summed E-state index contributed by atoms with van der Waals surface area (Å²) >= 11 is 0. The zero-order valence-corrected chi connectivity index (χ0v) is 12.1. The smallest absolute Gasteiger partial charge is 0.311 e. The van der Waals surface area contributed by atoms with Gasteiger partial charge in [-0.2, -0.15) is 5.10 Å². The summed E-state index contributed by atoms with van der Waals surface area (Å²) in [6, 6.07) is 9.31. The molecule has 0 saturated carbocycles. The number of anilines is 1. The Morgan fingerprint density at radius 1 is 1.30 bits per heavy atom. The Morgan fingerprint density at radius 3 is 2.87 bits per heavy atom. The van der Waals surface area contributed by atoms with Gasteiger partial charge >= 0.3 is 5.69 Å². The van der Waals surface area contributed by atoms with E-state index in [1.165, 1.54) is 25.3 Å². The van der Waals surface area contributed by atoms with E-state index in [1.807, 2.05) is 0 Å². The van der Waals surface area contributed by atoms with E-state index in [0.29, 0.717) is 5.69 Å². The maximum Gasteiger partial charge on any atom is 0.311 e. The second-order valence-electron chi connectivity index (χ2n) is 4.77. The summed E-state index contributed by atoms with van der Waals surface area (Å²) in [7, 11) is 1.34. The fraction of sp³-hybridized carbons (Fsp3) is 0.0667. The summed E-state index contributed by atoms with van der Waals surface area (Å²) < 4.78 is 4.92. The first-order chi connectivity index (χ1) is 11.1. The van der Waals surface area contributed by atoms with Gasteiger partial charge in [-0.15, -0.1) is 0 Å². The fourth-order valence-corrected chi connectivity index (χ4v) is 2.20. The van der Waals surface area contributed by atoms with Crippen LogP contribution in [-0.4, -0.2) is 28.1 Å². The lowest BCUT2D eigenvalue weighted by molar-refractivity contribution is -0.385. The maximum absolute atomic E-state index is 12.3. The van der Waals surface area contributed by atoms with Gasteiger partial charge in [0.05, 0.1) is 23.7 Å². The number of ether oxygens (including phenoxy) is 1. The molecule has 8 nitrogen and oxygen atoms in total. The van der Waals surface area contributed by atoms with Gasteiger partial charge in [0.2, 0.25) is 0 Å². The predicted octanol–water partition coefficient (Wildman–Crippen LogP) is 2.73. The number of nitrogens with zero attached hydrogens (tertiary/aromatic N) is 2. The van der Waals surface area contributed by atoms with Crippen molar-refractivity contribution < 1.29 is 14.5 Å². The second kappa shape index (κ2) is 5.76. The van der Waals surface area contributed by atoms with Crippen LogP contribution in [0.25, 0.3) is 10.9 Å². The average molecular weight is 312 g/mol. The van der Waals surface area contributed by atoms with Crippen LogP contribution in [0, 0.1) is 10.1 Å². The predicted molar refractivity (Wildman–Crippen MR) is 83.7 cm³/mol. The van der Waals surface area contributed by atoms with E-state index in [-0.39, 0.29) is 17.0 Å². The van der Waals surface area contributed by atoms with E-state index in [2.05, 4.69) is 15.5 Å². The van der Waals surface area contributed by atoms with E-state index in [0.717, 1.165) is 10.9 Å². The van der Waals surface area contributed by atoms with Crippen LogP contribution < -0.4 is 10.1 Å². The monoisotopic (exact) mass is 312 g/mol. The molecule has 2 N–H and O–H groups in total. The number of aromatic nitrogens is 2. The number of H-pyrrole nitrogens is 1. The molecule has 0 atom stereocenters. The molecule has 0 aliphatic rings. The number of hydrogen-bond donors (Lipinski definition) is 2. The molecule has 0 fully saturated rings. The van der Waals surface area contributed by atoms with Gasteiger partial charge in [-0.3, -0.25) is 20.0 Å². The number of fused-ring (bicyclic) bond motifs is 1. The Hall–Kier alpha value is -3.42. The largest absolute Gasteiger partial charge is 0.490 e. The molecule has 0 radical (unpaired) electrons.